The van der Waals surface area contributed by atoms with Crippen molar-refractivity contribution in [2.75, 3.05) is 10.6 Å². The SMILES string of the molecule is CC(=O)Nc1ccc(/C=C/C(=O)Nc2ccc(Br)cc2C)cc1. The van der Waals surface area contributed by atoms with Crippen LogP contribution in [0, 0.1) is 6.92 Å². The van der Waals surface area contributed by atoms with E-state index in [2.05, 4.69) is 26.6 Å². The first kappa shape index (κ1) is 17.0. The van der Waals surface area contributed by atoms with E-state index >= 15 is 0 Å². The number of aryl methyl sites for hydroxylation is 1. The van der Waals surface area contributed by atoms with Gasteiger partial charge in [0.25, 0.3) is 0 Å². The molecule has 0 spiro atoms. The number of anilines is 2. The van der Waals surface area contributed by atoms with E-state index in [1.165, 1.54) is 13.0 Å². The van der Waals surface area contributed by atoms with Gasteiger partial charge in [0, 0.05) is 28.8 Å². The molecule has 0 saturated carbocycles. The smallest absolute Gasteiger partial charge is 0.248 e. The van der Waals surface area contributed by atoms with Gasteiger partial charge in [-0.3, -0.25) is 9.59 Å². The van der Waals surface area contributed by atoms with Crippen LogP contribution >= 0.6 is 15.9 Å². The second-order valence-electron chi connectivity index (χ2n) is 5.09. The number of carbonyl (C=O) groups is 2. The summed E-state index contributed by atoms with van der Waals surface area (Å²) in [6, 6.07) is 12.9. The van der Waals surface area contributed by atoms with Gasteiger partial charge in [0.15, 0.2) is 0 Å². The molecule has 0 aromatic heterocycles. The van der Waals surface area contributed by atoms with Gasteiger partial charge >= 0.3 is 0 Å². The fourth-order valence-corrected chi connectivity index (χ4v) is 2.47. The molecule has 2 N–H and O–H groups in total. The predicted molar refractivity (Wildman–Crippen MR) is 97.3 cm³/mol. The number of hydrogen-bond acceptors (Lipinski definition) is 2. The first-order chi connectivity index (χ1) is 10.9. The highest BCUT2D eigenvalue weighted by atomic mass is 79.9. The Morgan fingerprint density at radius 1 is 1.04 bits per heavy atom. The van der Waals surface area contributed by atoms with Gasteiger partial charge in [-0.1, -0.05) is 28.1 Å². The molecular weight excluding hydrogens is 356 g/mol. The third-order valence-electron chi connectivity index (χ3n) is 3.10. The lowest BCUT2D eigenvalue weighted by atomic mass is 10.2. The van der Waals surface area contributed by atoms with Crippen LogP contribution in [0.3, 0.4) is 0 Å². The zero-order valence-electron chi connectivity index (χ0n) is 12.9. The van der Waals surface area contributed by atoms with Gasteiger partial charge in [0.2, 0.25) is 11.8 Å². The minimum atomic E-state index is -0.193. The highest BCUT2D eigenvalue weighted by molar-refractivity contribution is 9.10. The third-order valence-corrected chi connectivity index (χ3v) is 3.60. The molecule has 0 unspecified atom stereocenters. The van der Waals surface area contributed by atoms with Crippen molar-refractivity contribution in [2.45, 2.75) is 13.8 Å². The first-order valence-electron chi connectivity index (χ1n) is 7.07. The Hall–Kier alpha value is -2.40. The monoisotopic (exact) mass is 372 g/mol. The van der Waals surface area contributed by atoms with E-state index in [1.54, 1.807) is 18.2 Å². The molecule has 5 heteroatoms. The molecule has 0 fully saturated rings. The quantitative estimate of drug-likeness (QED) is 0.782. The summed E-state index contributed by atoms with van der Waals surface area (Å²) in [5.41, 5.74) is 3.37. The van der Waals surface area contributed by atoms with Crippen LogP contribution < -0.4 is 10.6 Å². The summed E-state index contributed by atoms with van der Waals surface area (Å²) in [5.74, 6) is -0.307. The molecule has 0 atom stereocenters. The molecule has 2 aromatic carbocycles. The number of benzene rings is 2. The van der Waals surface area contributed by atoms with Gasteiger partial charge in [-0.25, -0.2) is 0 Å². The Morgan fingerprint density at radius 3 is 2.35 bits per heavy atom. The molecule has 0 heterocycles. The van der Waals surface area contributed by atoms with Crippen LogP contribution in [-0.2, 0) is 9.59 Å². The van der Waals surface area contributed by atoms with E-state index in [9.17, 15) is 9.59 Å². The average molecular weight is 373 g/mol. The van der Waals surface area contributed by atoms with E-state index in [4.69, 9.17) is 0 Å². The first-order valence-corrected chi connectivity index (χ1v) is 7.86. The number of halogens is 1. The van der Waals surface area contributed by atoms with Crippen LogP contribution in [0.4, 0.5) is 11.4 Å². The number of nitrogens with one attached hydrogen (secondary N) is 2. The average Bonchev–Trinajstić information content (AvgIpc) is 2.49. The van der Waals surface area contributed by atoms with Crippen molar-refractivity contribution in [3.63, 3.8) is 0 Å². The Balaban J connectivity index is 1.99. The second-order valence-corrected chi connectivity index (χ2v) is 6.00. The summed E-state index contributed by atoms with van der Waals surface area (Å²) in [6.07, 6.45) is 3.20. The van der Waals surface area contributed by atoms with Crippen molar-refractivity contribution in [3.05, 3.63) is 64.1 Å². The number of amides is 2. The maximum absolute atomic E-state index is 12.0. The lowest BCUT2D eigenvalue weighted by Gasteiger charge is -2.06. The molecule has 0 aliphatic heterocycles. The zero-order valence-corrected chi connectivity index (χ0v) is 14.5. The van der Waals surface area contributed by atoms with Gasteiger partial charge in [0.05, 0.1) is 0 Å². The van der Waals surface area contributed by atoms with Crippen molar-refractivity contribution in [1.82, 2.24) is 0 Å². The molecule has 118 valence electrons. The van der Waals surface area contributed by atoms with Crippen molar-refractivity contribution in [3.8, 4) is 0 Å². The Bertz CT molecular complexity index is 752. The van der Waals surface area contributed by atoms with E-state index in [0.717, 1.165) is 27.0 Å². The van der Waals surface area contributed by atoms with Crippen molar-refractivity contribution >= 4 is 45.2 Å². The molecule has 2 rings (SSSR count). The third kappa shape index (κ3) is 5.38. The van der Waals surface area contributed by atoms with E-state index < -0.39 is 0 Å². The molecule has 0 aliphatic carbocycles. The molecule has 0 saturated heterocycles. The highest BCUT2D eigenvalue weighted by Gasteiger charge is 2.02. The largest absolute Gasteiger partial charge is 0.326 e. The molecule has 0 radical (unpaired) electrons. The standard InChI is InChI=1S/C18H17BrN2O2/c1-12-11-15(19)6-9-17(12)21-18(23)10-5-14-3-7-16(8-4-14)20-13(2)22/h3-11H,1-2H3,(H,20,22)(H,21,23)/b10-5+. The van der Waals surface area contributed by atoms with Crippen molar-refractivity contribution < 1.29 is 9.59 Å². The highest BCUT2D eigenvalue weighted by Crippen LogP contribution is 2.20. The zero-order chi connectivity index (χ0) is 16.8. The normalized spacial score (nSPS) is 10.6. The van der Waals surface area contributed by atoms with E-state index in [0.29, 0.717) is 0 Å². The Kier molecular flexibility index (Phi) is 5.71. The minimum absolute atomic E-state index is 0.113. The van der Waals surface area contributed by atoms with Gasteiger partial charge in [0.1, 0.15) is 0 Å². The van der Waals surface area contributed by atoms with Gasteiger partial charge in [-0.15, -0.1) is 0 Å². The fourth-order valence-electron chi connectivity index (χ4n) is 1.99. The predicted octanol–water partition coefficient (Wildman–Crippen LogP) is 4.37. The van der Waals surface area contributed by atoms with Gasteiger partial charge in [-0.05, 0) is 54.5 Å². The van der Waals surface area contributed by atoms with E-state index in [-0.39, 0.29) is 11.8 Å². The van der Waals surface area contributed by atoms with Crippen molar-refractivity contribution in [2.24, 2.45) is 0 Å². The molecular formula is C18H17BrN2O2. The molecule has 0 bridgehead atoms. The van der Waals surface area contributed by atoms with Crippen LogP contribution in [-0.4, -0.2) is 11.8 Å². The summed E-state index contributed by atoms with van der Waals surface area (Å²) in [6.45, 7) is 3.40. The van der Waals surface area contributed by atoms with Crippen LogP contribution in [0.5, 0.6) is 0 Å². The lowest BCUT2D eigenvalue weighted by Crippen LogP contribution is -2.08. The maximum atomic E-state index is 12.0. The number of carbonyl (C=O) groups excluding carboxylic acids is 2. The number of hydrogen-bond donors (Lipinski definition) is 2. The lowest BCUT2D eigenvalue weighted by molar-refractivity contribution is -0.114. The molecule has 4 nitrogen and oxygen atoms in total. The summed E-state index contributed by atoms with van der Waals surface area (Å²) in [4.78, 5) is 22.9. The molecule has 0 aliphatic rings. The minimum Gasteiger partial charge on any atom is -0.326 e. The van der Waals surface area contributed by atoms with Gasteiger partial charge < -0.3 is 10.6 Å². The van der Waals surface area contributed by atoms with Crippen LogP contribution in [0.2, 0.25) is 0 Å². The van der Waals surface area contributed by atoms with Crippen LogP contribution in [0.25, 0.3) is 6.08 Å². The van der Waals surface area contributed by atoms with Crippen LogP contribution in [0.15, 0.2) is 53.0 Å². The fraction of sp³-hybridized carbons (Fsp3) is 0.111. The molecule has 2 aromatic rings. The summed E-state index contributed by atoms with van der Waals surface area (Å²) >= 11 is 3.39. The Labute approximate surface area is 143 Å². The van der Waals surface area contributed by atoms with Crippen molar-refractivity contribution in [1.29, 1.82) is 0 Å². The number of rotatable bonds is 4. The maximum Gasteiger partial charge on any atom is 0.248 e. The molecule has 23 heavy (non-hydrogen) atoms. The molecule has 2 amide bonds. The topological polar surface area (TPSA) is 58.2 Å². The Morgan fingerprint density at radius 2 is 1.74 bits per heavy atom. The summed E-state index contributed by atoms with van der Waals surface area (Å²) < 4.78 is 0.975. The summed E-state index contributed by atoms with van der Waals surface area (Å²) in [7, 11) is 0. The van der Waals surface area contributed by atoms with E-state index in [1.807, 2.05) is 37.3 Å². The summed E-state index contributed by atoms with van der Waals surface area (Å²) in [5, 5.41) is 5.54. The van der Waals surface area contributed by atoms with Crippen LogP contribution in [0.1, 0.15) is 18.1 Å². The van der Waals surface area contributed by atoms with Gasteiger partial charge in [-0.2, -0.15) is 0 Å². The second kappa shape index (κ2) is 7.74.